The summed E-state index contributed by atoms with van der Waals surface area (Å²) in [6.07, 6.45) is -1.41. The first-order valence-electron chi connectivity index (χ1n) is 3.95. The molecular weight excluding hydrogens is 278 g/mol. The average Bonchev–Trinajstić information content (AvgIpc) is 2.24. The predicted molar refractivity (Wildman–Crippen MR) is 56.1 cm³/mol. The first-order valence-corrected chi connectivity index (χ1v) is 6.90. The van der Waals surface area contributed by atoms with E-state index in [2.05, 4.69) is 18.1 Å². The van der Waals surface area contributed by atoms with Gasteiger partial charge in [0, 0.05) is 14.2 Å². The van der Waals surface area contributed by atoms with E-state index in [0.29, 0.717) is 0 Å². The summed E-state index contributed by atoms with van der Waals surface area (Å²) in [5, 5.41) is 9.11. The van der Waals surface area contributed by atoms with Crippen molar-refractivity contribution in [3.8, 4) is 0 Å². The van der Waals surface area contributed by atoms with Crippen molar-refractivity contribution in [2.45, 2.75) is 13.5 Å². The lowest BCUT2D eigenvalue weighted by Crippen LogP contribution is -2.22. The monoisotopic (exact) mass is 295 g/mol. The molecule has 0 saturated carbocycles. The molecule has 0 aromatic rings. The van der Waals surface area contributed by atoms with Gasteiger partial charge in [0.15, 0.2) is 0 Å². The lowest BCUT2D eigenvalue weighted by atomic mass is 10.4. The molecule has 0 saturated heterocycles. The molecule has 0 aromatic carbocycles. The topological polar surface area (TPSA) is 135 Å². The molecule has 0 amide bonds. The SMILES string of the molecule is C.COP(=O)([O-])OCC(O)COP(=O)(O)OC. The van der Waals surface area contributed by atoms with Gasteiger partial charge < -0.3 is 23.9 Å². The maximum Gasteiger partial charge on any atom is 0.472 e. The molecule has 3 unspecified atom stereocenters. The van der Waals surface area contributed by atoms with E-state index in [0.717, 1.165) is 14.2 Å². The average molecular weight is 295 g/mol. The fourth-order valence-electron chi connectivity index (χ4n) is 0.511. The quantitative estimate of drug-likeness (QED) is 0.587. The van der Waals surface area contributed by atoms with Crippen molar-refractivity contribution in [1.29, 1.82) is 0 Å². The minimum atomic E-state index is -4.43. The Kier molecular flexibility index (Phi) is 9.54. The summed E-state index contributed by atoms with van der Waals surface area (Å²) < 4.78 is 37.9. The molecule has 0 spiro atoms. The second-order valence-corrected chi connectivity index (χ2v) is 5.60. The molecule has 9 nitrogen and oxygen atoms in total. The molecule has 0 aliphatic carbocycles. The molecule has 0 rings (SSSR count). The van der Waals surface area contributed by atoms with Gasteiger partial charge in [-0.3, -0.25) is 13.6 Å². The van der Waals surface area contributed by atoms with Crippen LogP contribution in [0.25, 0.3) is 0 Å². The fraction of sp³-hybridized carbons (Fsp3) is 1.00. The van der Waals surface area contributed by atoms with Crippen molar-refractivity contribution in [2.24, 2.45) is 0 Å². The Balaban J connectivity index is 0. The van der Waals surface area contributed by atoms with Crippen LogP contribution in [-0.4, -0.2) is 43.5 Å². The van der Waals surface area contributed by atoms with Gasteiger partial charge in [0.1, 0.15) is 6.10 Å². The van der Waals surface area contributed by atoms with Crippen LogP contribution < -0.4 is 4.89 Å². The molecule has 0 aliphatic heterocycles. The minimum Gasteiger partial charge on any atom is -0.756 e. The highest BCUT2D eigenvalue weighted by atomic mass is 31.2. The number of hydrogen-bond acceptors (Lipinski definition) is 8. The normalized spacial score (nSPS) is 19.8. The fourth-order valence-corrected chi connectivity index (χ4v) is 1.44. The van der Waals surface area contributed by atoms with Crippen LogP contribution in [-0.2, 0) is 27.2 Å². The van der Waals surface area contributed by atoms with E-state index in [-0.39, 0.29) is 7.43 Å². The van der Waals surface area contributed by atoms with Crippen molar-refractivity contribution in [3.05, 3.63) is 0 Å². The molecule has 0 fully saturated rings. The van der Waals surface area contributed by atoms with Gasteiger partial charge in [-0.2, -0.15) is 0 Å². The molecule has 2 N–H and O–H groups in total. The van der Waals surface area contributed by atoms with Crippen LogP contribution in [0.5, 0.6) is 0 Å². The van der Waals surface area contributed by atoms with Gasteiger partial charge in [-0.1, -0.05) is 7.43 Å². The van der Waals surface area contributed by atoms with Gasteiger partial charge in [0.05, 0.1) is 13.2 Å². The molecular formula is C6H17O9P2-. The summed E-state index contributed by atoms with van der Waals surface area (Å²) in [7, 11) is -6.78. The summed E-state index contributed by atoms with van der Waals surface area (Å²) in [5.74, 6) is 0. The van der Waals surface area contributed by atoms with Gasteiger partial charge in [-0.25, -0.2) is 4.57 Å². The zero-order chi connectivity index (χ0) is 12.8. The molecule has 11 heteroatoms. The number of rotatable bonds is 8. The Morgan fingerprint density at radius 1 is 1.18 bits per heavy atom. The maximum atomic E-state index is 10.8. The highest BCUT2D eigenvalue weighted by Crippen LogP contribution is 2.42. The third kappa shape index (κ3) is 9.84. The van der Waals surface area contributed by atoms with Gasteiger partial charge in [0.25, 0.3) is 7.82 Å². The summed E-state index contributed by atoms with van der Waals surface area (Å²) in [6.45, 7) is -1.27. The minimum absolute atomic E-state index is 0. The molecule has 0 aliphatic rings. The zero-order valence-electron chi connectivity index (χ0n) is 8.64. The third-order valence-electron chi connectivity index (χ3n) is 1.31. The van der Waals surface area contributed by atoms with E-state index in [1.54, 1.807) is 0 Å². The second-order valence-electron chi connectivity index (χ2n) is 2.53. The summed E-state index contributed by atoms with van der Waals surface area (Å²) >= 11 is 0. The van der Waals surface area contributed by atoms with E-state index < -0.39 is 35.0 Å². The molecule has 0 bridgehead atoms. The highest BCUT2D eigenvalue weighted by Gasteiger charge is 2.21. The number of aliphatic hydroxyl groups excluding tert-OH is 1. The molecule has 0 heterocycles. The Morgan fingerprint density at radius 2 is 1.65 bits per heavy atom. The molecule has 17 heavy (non-hydrogen) atoms. The second kappa shape index (κ2) is 8.31. The van der Waals surface area contributed by atoms with E-state index in [9.17, 15) is 14.0 Å². The third-order valence-corrected chi connectivity index (χ3v) is 3.16. The molecule has 106 valence electrons. The Labute approximate surface area is 99.5 Å². The van der Waals surface area contributed by atoms with E-state index in [4.69, 9.17) is 10.00 Å². The predicted octanol–water partition coefficient (Wildman–Crippen LogP) is -0.122. The van der Waals surface area contributed by atoms with E-state index in [1.165, 1.54) is 0 Å². The first kappa shape index (κ1) is 19.5. The number of hydrogen-bond donors (Lipinski definition) is 2. The van der Waals surface area contributed by atoms with E-state index in [1.807, 2.05) is 0 Å². The lowest BCUT2D eigenvalue weighted by molar-refractivity contribution is -0.225. The maximum absolute atomic E-state index is 10.8. The van der Waals surface area contributed by atoms with Crippen molar-refractivity contribution >= 4 is 15.6 Å². The van der Waals surface area contributed by atoms with Crippen LogP contribution in [0.15, 0.2) is 0 Å². The molecule has 0 radical (unpaired) electrons. The van der Waals surface area contributed by atoms with Gasteiger partial charge >= 0.3 is 7.82 Å². The van der Waals surface area contributed by atoms with E-state index >= 15 is 0 Å². The van der Waals surface area contributed by atoms with Gasteiger partial charge in [0.2, 0.25) is 0 Å². The van der Waals surface area contributed by atoms with Crippen LogP contribution in [0.1, 0.15) is 7.43 Å². The first-order chi connectivity index (χ1) is 7.22. The molecule has 0 aromatic heterocycles. The van der Waals surface area contributed by atoms with Crippen molar-refractivity contribution < 1.29 is 42.1 Å². The summed E-state index contributed by atoms with van der Waals surface area (Å²) in [4.78, 5) is 19.4. The standard InChI is InChI=1S/C5H14O9P2.CH4/c1-11-15(7,8)13-3-5(6)4-14-16(9,10)12-2;/h5-6H,3-4H2,1-2H3,(H,7,8)(H,9,10);1H4/p-1. The summed E-state index contributed by atoms with van der Waals surface area (Å²) in [6, 6.07) is 0. The van der Waals surface area contributed by atoms with Crippen LogP contribution in [0.4, 0.5) is 0 Å². The van der Waals surface area contributed by atoms with Crippen LogP contribution in [0.2, 0.25) is 0 Å². The number of phosphoric ester groups is 2. The smallest absolute Gasteiger partial charge is 0.472 e. The Bertz CT molecular complexity index is 265. The zero-order valence-corrected chi connectivity index (χ0v) is 10.4. The largest absolute Gasteiger partial charge is 0.756 e. The van der Waals surface area contributed by atoms with Gasteiger partial charge in [-0.05, 0) is 0 Å². The van der Waals surface area contributed by atoms with Crippen LogP contribution in [0.3, 0.4) is 0 Å². The van der Waals surface area contributed by atoms with Crippen molar-refractivity contribution in [3.63, 3.8) is 0 Å². The lowest BCUT2D eigenvalue weighted by Gasteiger charge is -2.22. The number of phosphoric acid groups is 2. The van der Waals surface area contributed by atoms with Crippen LogP contribution >= 0.6 is 15.6 Å². The van der Waals surface area contributed by atoms with Gasteiger partial charge in [-0.15, -0.1) is 0 Å². The molecule has 3 atom stereocenters. The van der Waals surface area contributed by atoms with Crippen LogP contribution in [0, 0.1) is 0 Å². The Morgan fingerprint density at radius 3 is 2.06 bits per heavy atom. The number of aliphatic hydroxyl groups is 1. The Hall–Kier alpha value is 0.180. The summed E-state index contributed by atoms with van der Waals surface area (Å²) in [5.41, 5.74) is 0. The highest BCUT2D eigenvalue weighted by molar-refractivity contribution is 7.47. The van der Waals surface area contributed by atoms with Crippen molar-refractivity contribution in [1.82, 2.24) is 0 Å². The van der Waals surface area contributed by atoms with Crippen molar-refractivity contribution in [2.75, 3.05) is 27.4 Å².